The van der Waals surface area contributed by atoms with E-state index in [0.29, 0.717) is 0 Å². The van der Waals surface area contributed by atoms with Gasteiger partial charge in [0.2, 0.25) is 5.13 Å². The van der Waals surface area contributed by atoms with Crippen LogP contribution in [0.15, 0.2) is 65.1 Å². The van der Waals surface area contributed by atoms with Gasteiger partial charge in [0.05, 0.1) is 11.9 Å². The number of thiazole rings is 1. The summed E-state index contributed by atoms with van der Waals surface area (Å²) in [5.74, 6) is 0. The highest BCUT2D eigenvalue weighted by atomic mass is 32.1. The fraction of sp³-hybridized carbons (Fsp3) is 0.200. The van der Waals surface area contributed by atoms with Gasteiger partial charge >= 0.3 is 0 Å². The van der Waals surface area contributed by atoms with E-state index in [1.165, 1.54) is 11.3 Å². The zero-order chi connectivity index (χ0) is 17.5. The second kappa shape index (κ2) is 8.44. The number of rotatable bonds is 7. The van der Waals surface area contributed by atoms with Crippen molar-refractivity contribution in [3.05, 3.63) is 76.8 Å². The van der Waals surface area contributed by atoms with Gasteiger partial charge in [0, 0.05) is 24.2 Å². The first-order valence-electron chi connectivity index (χ1n) is 8.34. The maximum atomic E-state index is 4.32. The number of hydrogen-bond donors (Lipinski definition) is 1. The summed E-state index contributed by atoms with van der Waals surface area (Å²) in [6.07, 6.45) is 1.81. The smallest absolute Gasteiger partial charge is 0.203 e. The molecule has 3 rings (SSSR count). The van der Waals surface area contributed by atoms with E-state index in [1.54, 1.807) is 11.3 Å². The van der Waals surface area contributed by atoms with Crippen LogP contribution in [0.25, 0.3) is 0 Å². The van der Waals surface area contributed by atoms with Gasteiger partial charge in [0.25, 0.3) is 0 Å². The van der Waals surface area contributed by atoms with Gasteiger partial charge in [-0.1, -0.05) is 42.5 Å². The Morgan fingerprint density at radius 2 is 1.88 bits per heavy atom. The highest BCUT2D eigenvalue weighted by molar-refractivity contribution is 7.13. The van der Waals surface area contributed by atoms with Crippen LogP contribution in [0, 0.1) is 6.92 Å². The van der Waals surface area contributed by atoms with Gasteiger partial charge in [-0.2, -0.15) is 5.10 Å². The largest absolute Gasteiger partial charge is 0.367 e. The molecule has 128 valence electrons. The van der Waals surface area contributed by atoms with Crippen LogP contribution in [0.3, 0.4) is 0 Å². The van der Waals surface area contributed by atoms with Gasteiger partial charge in [-0.3, -0.25) is 5.43 Å². The molecule has 0 unspecified atom stereocenters. The number of anilines is 2. The van der Waals surface area contributed by atoms with Gasteiger partial charge in [0.1, 0.15) is 0 Å². The molecule has 0 aliphatic rings. The van der Waals surface area contributed by atoms with E-state index in [1.807, 2.05) is 18.5 Å². The lowest BCUT2D eigenvalue weighted by atomic mass is 10.1. The second-order valence-corrected chi connectivity index (χ2v) is 6.61. The zero-order valence-electron chi connectivity index (χ0n) is 14.5. The van der Waals surface area contributed by atoms with Gasteiger partial charge in [0.15, 0.2) is 0 Å². The third-order valence-electron chi connectivity index (χ3n) is 3.85. The molecule has 0 amide bonds. The number of hydrogen-bond acceptors (Lipinski definition) is 5. The minimum atomic E-state index is 0.811. The molecular weight excluding hydrogens is 328 g/mol. The molecule has 1 N–H and O–H groups in total. The number of hydrazone groups is 1. The third-order valence-corrected chi connectivity index (χ3v) is 4.71. The van der Waals surface area contributed by atoms with Crippen molar-refractivity contribution in [2.75, 3.05) is 16.9 Å². The lowest BCUT2D eigenvalue weighted by molar-refractivity contribution is 0.832. The van der Waals surface area contributed by atoms with Crippen molar-refractivity contribution in [2.45, 2.75) is 20.4 Å². The van der Waals surface area contributed by atoms with Crippen LogP contribution in [0.1, 0.15) is 23.7 Å². The Kier molecular flexibility index (Phi) is 5.80. The maximum absolute atomic E-state index is 4.32. The van der Waals surface area contributed by atoms with Crippen LogP contribution < -0.4 is 10.3 Å². The molecular formula is C20H22N4S. The Labute approximate surface area is 152 Å². The Morgan fingerprint density at radius 1 is 1.12 bits per heavy atom. The minimum Gasteiger partial charge on any atom is -0.367 e. The van der Waals surface area contributed by atoms with Gasteiger partial charge in [-0.05, 0) is 37.1 Å². The predicted octanol–water partition coefficient (Wildman–Crippen LogP) is 4.92. The van der Waals surface area contributed by atoms with Crippen molar-refractivity contribution in [1.82, 2.24) is 4.98 Å². The number of nitrogens with one attached hydrogen (secondary N) is 1. The fourth-order valence-electron chi connectivity index (χ4n) is 2.53. The van der Waals surface area contributed by atoms with Crippen LogP contribution in [-0.2, 0) is 6.54 Å². The monoisotopic (exact) mass is 350 g/mol. The zero-order valence-corrected chi connectivity index (χ0v) is 15.3. The van der Waals surface area contributed by atoms with Crippen LogP contribution in [0.4, 0.5) is 10.8 Å². The number of aromatic nitrogens is 1. The van der Waals surface area contributed by atoms with Crippen molar-refractivity contribution in [1.29, 1.82) is 0 Å². The Hall–Kier alpha value is -2.66. The average molecular weight is 350 g/mol. The van der Waals surface area contributed by atoms with E-state index in [2.05, 4.69) is 81.9 Å². The Morgan fingerprint density at radius 3 is 2.52 bits per heavy atom. The summed E-state index contributed by atoms with van der Waals surface area (Å²) in [6.45, 7) is 6.03. The topological polar surface area (TPSA) is 40.5 Å². The maximum Gasteiger partial charge on any atom is 0.203 e. The second-order valence-electron chi connectivity index (χ2n) is 5.76. The van der Waals surface area contributed by atoms with Crippen molar-refractivity contribution in [3.8, 4) is 0 Å². The molecule has 25 heavy (non-hydrogen) atoms. The highest BCUT2D eigenvalue weighted by Gasteiger charge is 2.05. The summed E-state index contributed by atoms with van der Waals surface area (Å²) in [6, 6.07) is 19.0. The molecule has 2 aromatic carbocycles. The molecule has 5 heteroatoms. The van der Waals surface area contributed by atoms with Crippen molar-refractivity contribution in [2.24, 2.45) is 5.10 Å². The molecule has 0 aliphatic carbocycles. The molecule has 0 aliphatic heterocycles. The minimum absolute atomic E-state index is 0.811. The van der Waals surface area contributed by atoms with Crippen LogP contribution in [0.2, 0.25) is 0 Å². The molecule has 0 spiro atoms. The normalized spacial score (nSPS) is 11.0. The van der Waals surface area contributed by atoms with E-state index in [4.69, 9.17) is 0 Å². The molecule has 1 aromatic heterocycles. The number of benzene rings is 2. The van der Waals surface area contributed by atoms with E-state index in [0.717, 1.165) is 29.5 Å². The first-order chi connectivity index (χ1) is 12.2. The molecule has 1 heterocycles. The predicted molar refractivity (Wildman–Crippen MR) is 108 cm³/mol. The summed E-state index contributed by atoms with van der Waals surface area (Å²) in [5, 5.41) is 7.06. The van der Waals surface area contributed by atoms with Crippen LogP contribution >= 0.6 is 11.3 Å². The molecule has 0 bridgehead atoms. The van der Waals surface area contributed by atoms with Crippen molar-refractivity contribution in [3.63, 3.8) is 0 Å². The van der Waals surface area contributed by atoms with Gasteiger partial charge in [-0.25, -0.2) is 4.98 Å². The average Bonchev–Trinajstić information content (AvgIpc) is 3.06. The molecule has 0 fully saturated rings. The van der Waals surface area contributed by atoms with Crippen LogP contribution in [0.5, 0.6) is 0 Å². The summed E-state index contributed by atoms with van der Waals surface area (Å²) in [5.41, 5.74) is 7.55. The molecule has 0 saturated carbocycles. The van der Waals surface area contributed by atoms with E-state index >= 15 is 0 Å². The molecule has 4 nitrogen and oxygen atoms in total. The Balaban J connectivity index is 1.62. The molecule has 3 aromatic rings. The molecule has 0 saturated heterocycles. The van der Waals surface area contributed by atoms with Crippen molar-refractivity contribution >= 4 is 28.4 Å². The van der Waals surface area contributed by atoms with E-state index in [-0.39, 0.29) is 0 Å². The summed E-state index contributed by atoms with van der Waals surface area (Å²) < 4.78 is 0. The van der Waals surface area contributed by atoms with Crippen LogP contribution in [-0.4, -0.2) is 17.7 Å². The highest BCUT2D eigenvalue weighted by Crippen LogP contribution is 2.18. The first-order valence-corrected chi connectivity index (χ1v) is 9.22. The lowest BCUT2D eigenvalue weighted by Crippen LogP contribution is -2.21. The van der Waals surface area contributed by atoms with Crippen molar-refractivity contribution < 1.29 is 0 Å². The van der Waals surface area contributed by atoms with Gasteiger partial charge in [-0.15, -0.1) is 11.3 Å². The third kappa shape index (κ3) is 4.90. The molecule has 0 radical (unpaired) electrons. The number of nitrogens with zero attached hydrogens (tertiary/aromatic N) is 3. The summed E-state index contributed by atoms with van der Waals surface area (Å²) >= 11 is 1.55. The Bertz CT molecular complexity index is 809. The first kappa shape index (κ1) is 17.2. The summed E-state index contributed by atoms with van der Waals surface area (Å²) in [7, 11) is 0. The SMILES string of the molecule is CCN(Cc1ccccc1)c1ccc(/C=N\Nc2nc(C)cs2)cc1. The van der Waals surface area contributed by atoms with E-state index < -0.39 is 0 Å². The lowest BCUT2D eigenvalue weighted by Gasteiger charge is -2.23. The summed E-state index contributed by atoms with van der Waals surface area (Å²) in [4.78, 5) is 6.67. The number of aryl methyl sites for hydroxylation is 1. The molecule has 0 atom stereocenters. The quantitative estimate of drug-likeness (QED) is 0.485. The standard InChI is InChI=1S/C20H22N4S/c1-3-24(14-18-7-5-4-6-8-18)19-11-9-17(10-12-19)13-21-23-20-22-16(2)15-25-20/h4-13,15H,3,14H2,1-2H3,(H,22,23)/b21-13-. The van der Waals surface area contributed by atoms with E-state index in [9.17, 15) is 0 Å². The van der Waals surface area contributed by atoms with Gasteiger partial charge < -0.3 is 4.90 Å². The fourth-order valence-corrected chi connectivity index (χ4v) is 3.17.